The van der Waals surface area contributed by atoms with Crippen LogP contribution >= 0.6 is 23.2 Å². The lowest BCUT2D eigenvalue weighted by molar-refractivity contribution is 0.0876. The number of rotatable bonds is 3. The van der Waals surface area contributed by atoms with Gasteiger partial charge < -0.3 is 9.47 Å². The standard InChI is InChI=1S/C25H19Cl2NO3/c1-15-24-18(13-28(14-30-24)12-16-6-8-19(26)9-7-16)10-20-23(29)22(31-25(15)20)11-17-4-2-3-5-21(17)27/h2-11H,12-14H2,1H3/b22-11-. The van der Waals surface area contributed by atoms with Gasteiger partial charge in [-0.15, -0.1) is 0 Å². The number of benzene rings is 3. The van der Waals surface area contributed by atoms with Gasteiger partial charge in [0, 0.05) is 34.3 Å². The SMILES string of the molecule is Cc1c2c(cc3c1O/C(=C\c1ccccc1Cl)C3=O)CN(Cc1ccc(Cl)cc1)CO2. The summed E-state index contributed by atoms with van der Waals surface area (Å²) in [5.41, 5.74) is 4.28. The van der Waals surface area contributed by atoms with Crippen LogP contribution < -0.4 is 9.47 Å². The Morgan fingerprint density at radius 2 is 1.84 bits per heavy atom. The molecule has 0 amide bonds. The average molecular weight is 452 g/mol. The molecular formula is C25H19Cl2NO3. The monoisotopic (exact) mass is 451 g/mol. The molecule has 0 radical (unpaired) electrons. The van der Waals surface area contributed by atoms with Crippen molar-refractivity contribution in [2.75, 3.05) is 6.73 Å². The number of carbonyl (C=O) groups excluding carboxylic acids is 1. The van der Waals surface area contributed by atoms with Gasteiger partial charge in [0.25, 0.3) is 0 Å². The van der Waals surface area contributed by atoms with Crippen LogP contribution in [-0.2, 0) is 13.1 Å². The fourth-order valence-electron chi connectivity index (χ4n) is 3.98. The average Bonchev–Trinajstić information content (AvgIpc) is 3.07. The summed E-state index contributed by atoms with van der Waals surface area (Å²) in [6, 6.07) is 17.0. The van der Waals surface area contributed by atoms with Gasteiger partial charge in [-0.2, -0.15) is 0 Å². The molecule has 0 atom stereocenters. The van der Waals surface area contributed by atoms with Crippen molar-refractivity contribution in [2.24, 2.45) is 0 Å². The van der Waals surface area contributed by atoms with Gasteiger partial charge in [-0.05, 0) is 48.4 Å². The molecule has 0 N–H and O–H groups in total. The van der Waals surface area contributed by atoms with Crippen LogP contribution in [0.25, 0.3) is 6.08 Å². The van der Waals surface area contributed by atoms with Crippen molar-refractivity contribution in [1.82, 2.24) is 4.90 Å². The van der Waals surface area contributed by atoms with E-state index in [1.165, 1.54) is 0 Å². The summed E-state index contributed by atoms with van der Waals surface area (Å²) in [6.07, 6.45) is 1.69. The number of carbonyl (C=O) groups is 1. The molecule has 3 aromatic rings. The Hall–Kier alpha value is -2.79. The molecule has 4 nitrogen and oxygen atoms in total. The summed E-state index contributed by atoms with van der Waals surface area (Å²) < 4.78 is 12.0. The maximum atomic E-state index is 13.1. The second-order valence-electron chi connectivity index (χ2n) is 7.71. The van der Waals surface area contributed by atoms with Crippen LogP contribution in [0.1, 0.15) is 32.6 Å². The van der Waals surface area contributed by atoms with Crippen LogP contribution in [0, 0.1) is 6.92 Å². The van der Waals surface area contributed by atoms with E-state index in [0.717, 1.165) is 34.5 Å². The number of halogens is 2. The molecule has 0 bridgehead atoms. The largest absolute Gasteiger partial charge is 0.477 e. The number of ketones is 1. The minimum Gasteiger partial charge on any atom is -0.477 e. The molecule has 2 aliphatic rings. The van der Waals surface area contributed by atoms with Crippen molar-refractivity contribution in [3.63, 3.8) is 0 Å². The molecule has 0 spiro atoms. The van der Waals surface area contributed by atoms with E-state index in [-0.39, 0.29) is 11.5 Å². The Bertz CT molecular complexity index is 1220. The highest BCUT2D eigenvalue weighted by Crippen LogP contribution is 2.43. The Morgan fingerprint density at radius 1 is 1.06 bits per heavy atom. The van der Waals surface area contributed by atoms with Gasteiger partial charge in [0.05, 0.1) is 5.56 Å². The Labute approximate surface area is 190 Å². The lowest BCUT2D eigenvalue weighted by Crippen LogP contribution is -2.32. The van der Waals surface area contributed by atoms with Crippen molar-refractivity contribution in [2.45, 2.75) is 20.0 Å². The molecule has 0 fully saturated rings. The number of hydrogen-bond donors (Lipinski definition) is 0. The molecule has 31 heavy (non-hydrogen) atoms. The second-order valence-corrected chi connectivity index (χ2v) is 8.56. The quantitative estimate of drug-likeness (QED) is 0.439. The van der Waals surface area contributed by atoms with Gasteiger partial charge in [0.1, 0.15) is 18.2 Å². The smallest absolute Gasteiger partial charge is 0.231 e. The van der Waals surface area contributed by atoms with Crippen molar-refractivity contribution >= 4 is 35.1 Å². The van der Waals surface area contributed by atoms with Crippen molar-refractivity contribution in [1.29, 1.82) is 0 Å². The molecule has 0 saturated carbocycles. The van der Waals surface area contributed by atoms with Gasteiger partial charge in [-0.3, -0.25) is 9.69 Å². The zero-order chi connectivity index (χ0) is 21.5. The molecule has 156 valence electrons. The maximum Gasteiger partial charge on any atom is 0.231 e. The topological polar surface area (TPSA) is 38.8 Å². The van der Waals surface area contributed by atoms with E-state index >= 15 is 0 Å². The molecule has 2 aliphatic heterocycles. The lowest BCUT2D eigenvalue weighted by Gasteiger charge is -2.30. The Balaban J connectivity index is 1.43. The van der Waals surface area contributed by atoms with E-state index < -0.39 is 0 Å². The van der Waals surface area contributed by atoms with E-state index in [4.69, 9.17) is 32.7 Å². The number of ether oxygens (including phenoxy) is 2. The highest BCUT2D eigenvalue weighted by molar-refractivity contribution is 6.32. The molecule has 3 aromatic carbocycles. The van der Waals surface area contributed by atoms with Crippen LogP contribution in [-0.4, -0.2) is 17.4 Å². The molecule has 0 aromatic heterocycles. The first-order chi connectivity index (χ1) is 15.0. The fourth-order valence-corrected chi connectivity index (χ4v) is 4.30. The van der Waals surface area contributed by atoms with Gasteiger partial charge in [-0.25, -0.2) is 0 Å². The maximum absolute atomic E-state index is 13.1. The van der Waals surface area contributed by atoms with Crippen LogP contribution in [0.3, 0.4) is 0 Å². The van der Waals surface area contributed by atoms with E-state index in [1.807, 2.05) is 55.5 Å². The first-order valence-electron chi connectivity index (χ1n) is 9.94. The predicted molar refractivity (Wildman–Crippen MR) is 122 cm³/mol. The van der Waals surface area contributed by atoms with Gasteiger partial charge >= 0.3 is 0 Å². The third-order valence-electron chi connectivity index (χ3n) is 5.51. The summed E-state index contributed by atoms with van der Waals surface area (Å²) in [6.45, 7) is 3.81. The number of nitrogens with zero attached hydrogens (tertiary/aromatic N) is 1. The predicted octanol–water partition coefficient (Wildman–Crippen LogP) is 6.27. The van der Waals surface area contributed by atoms with Crippen LogP contribution in [0.4, 0.5) is 0 Å². The fraction of sp³-hybridized carbons (Fsp3) is 0.160. The number of fused-ring (bicyclic) bond motifs is 2. The molecule has 5 rings (SSSR count). The van der Waals surface area contributed by atoms with E-state index in [0.29, 0.717) is 34.6 Å². The molecule has 0 unspecified atom stereocenters. The van der Waals surface area contributed by atoms with E-state index in [9.17, 15) is 4.79 Å². The lowest BCUT2D eigenvalue weighted by atomic mass is 10.00. The van der Waals surface area contributed by atoms with Crippen molar-refractivity contribution in [3.05, 3.63) is 98.2 Å². The molecule has 0 saturated heterocycles. The number of Topliss-reactive ketones (excluding diaryl/α,β-unsaturated/α-hetero) is 1. The summed E-state index contributed by atoms with van der Waals surface area (Å²) in [4.78, 5) is 15.2. The molecule has 0 aliphatic carbocycles. The molecule has 2 heterocycles. The highest BCUT2D eigenvalue weighted by Gasteiger charge is 2.33. The second kappa shape index (κ2) is 8.04. The minimum atomic E-state index is -0.143. The van der Waals surface area contributed by atoms with Crippen molar-refractivity contribution in [3.8, 4) is 11.5 Å². The summed E-state index contributed by atoms with van der Waals surface area (Å²) in [5, 5.41) is 1.29. The first kappa shape index (κ1) is 20.1. The molecule has 6 heteroatoms. The van der Waals surface area contributed by atoms with Gasteiger partial charge in [0.2, 0.25) is 5.78 Å². The first-order valence-corrected chi connectivity index (χ1v) is 10.7. The zero-order valence-corrected chi connectivity index (χ0v) is 18.3. The third kappa shape index (κ3) is 3.83. The van der Waals surface area contributed by atoms with E-state index in [1.54, 1.807) is 12.1 Å². The minimum absolute atomic E-state index is 0.143. The van der Waals surface area contributed by atoms with Gasteiger partial charge in [-0.1, -0.05) is 53.5 Å². The summed E-state index contributed by atoms with van der Waals surface area (Å²) in [5.74, 6) is 1.48. The van der Waals surface area contributed by atoms with Crippen LogP contribution in [0.2, 0.25) is 10.0 Å². The van der Waals surface area contributed by atoms with Crippen LogP contribution in [0.5, 0.6) is 11.5 Å². The Morgan fingerprint density at radius 3 is 2.61 bits per heavy atom. The normalized spacial score (nSPS) is 16.6. The van der Waals surface area contributed by atoms with E-state index in [2.05, 4.69) is 4.90 Å². The zero-order valence-electron chi connectivity index (χ0n) is 16.8. The summed E-state index contributed by atoms with van der Waals surface area (Å²) in [7, 11) is 0. The number of allylic oxidation sites excluding steroid dienone is 1. The van der Waals surface area contributed by atoms with Gasteiger partial charge in [0.15, 0.2) is 5.76 Å². The molecular weight excluding hydrogens is 433 g/mol. The summed E-state index contributed by atoms with van der Waals surface area (Å²) >= 11 is 12.2. The third-order valence-corrected chi connectivity index (χ3v) is 6.11. The van der Waals surface area contributed by atoms with Crippen LogP contribution in [0.15, 0.2) is 60.4 Å². The van der Waals surface area contributed by atoms with Crippen molar-refractivity contribution < 1.29 is 14.3 Å². The number of hydrogen-bond acceptors (Lipinski definition) is 4. The Kier molecular flexibility index (Phi) is 5.22. The highest BCUT2D eigenvalue weighted by atomic mass is 35.5.